The number of benzene rings is 1. The third-order valence-corrected chi connectivity index (χ3v) is 3.06. The highest BCUT2D eigenvalue weighted by molar-refractivity contribution is 7.90. The van der Waals surface area contributed by atoms with Crippen molar-refractivity contribution in [2.45, 2.75) is 17.2 Å². The molecule has 1 N–H and O–H groups in total. The van der Waals surface area contributed by atoms with Crippen LogP contribution in [0.15, 0.2) is 29.2 Å². The maximum absolute atomic E-state index is 12.1. The maximum Gasteiger partial charge on any atom is 0.418 e. The van der Waals surface area contributed by atoms with Crippen molar-refractivity contribution in [2.75, 3.05) is 6.26 Å². The second kappa shape index (κ2) is 4.06. The first-order valence-electron chi connectivity index (χ1n) is 4.17. The van der Waals surface area contributed by atoms with Crippen LogP contribution in [0.5, 0.6) is 0 Å². The summed E-state index contributed by atoms with van der Waals surface area (Å²) in [6.45, 7) is 0. The maximum atomic E-state index is 12.1. The number of hydrogen-bond donors (Lipinski definition) is 1. The molecule has 0 saturated heterocycles. The van der Waals surface area contributed by atoms with Crippen LogP contribution in [0.2, 0.25) is 0 Å². The van der Waals surface area contributed by atoms with Gasteiger partial charge in [-0.2, -0.15) is 13.2 Å². The van der Waals surface area contributed by atoms with Crippen molar-refractivity contribution < 1.29 is 26.7 Å². The van der Waals surface area contributed by atoms with Crippen LogP contribution in [0.25, 0.3) is 0 Å². The molecule has 0 unspecified atom stereocenters. The standard InChI is InChI=1S/C9H9F3O3S/c1-16(14,15)7-4-2-6(3-5-7)8(13)9(10,11)12/h2-5,8,13H,1H3/t8-/m1/s1. The van der Waals surface area contributed by atoms with Crippen molar-refractivity contribution >= 4 is 9.84 Å². The normalized spacial score (nSPS) is 14.8. The van der Waals surface area contributed by atoms with Gasteiger partial charge < -0.3 is 5.11 Å². The van der Waals surface area contributed by atoms with Gasteiger partial charge in [-0.05, 0) is 17.7 Å². The van der Waals surface area contributed by atoms with Gasteiger partial charge in [0.2, 0.25) is 0 Å². The third-order valence-electron chi connectivity index (χ3n) is 1.93. The molecule has 0 heterocycles. The SMILES string of the molecule is CS(=O)(=O)c1ccc([C@@H](O)C(F)(F)F)cc1. The first-order chi connectivity index (χ1) is 7.12. The predicted octanol–water partition coefficient (Wildman–Crippen LogP) is 1.69. The van der Waals surface area contributed by atoms with Gasteiger partial charge in [-0.3, -0.25) is 0 Å². The van der Waals surface area contributed by atoms with E-state index in [1.165, 1.54) is 0 Å². The van der Waals surface area contributed by atoms with Crippen LogP contribution in [0.3, 0.4) is 0 Å². The molecular weight excluding hydrogens is 245 g/mol. The fourth-order valence-corrected chi connectivity index (χ4v) is 1.72. The lowest BCUT2D eigenvalue weighted by Crippen LogP contribution is -2.20. The molecule has 0 fully saturated rings. The Morgan fingerprint density at radius 2 is 1.62 bits per heavy atom. The van der Waals surface area contributed by atoms with Crippen LogP contribution in [-0.2, 0) is 9.84 Å². The van der Waals surface area contributed by atoms with E-state index in [0.29, 0.717) is 0 Å². The highest BCUT2D eigenvalue weighted by Gasteiger charge is 2.39. The van der Waals surface area contributed by atoms with E-state index >= 15 is 0 Å². The summed E-state index contributed by atoms with van der Waals surface area (Å²) in [4.78, 5) is -0.0920. The second-order valence-corrected chi connectivity index (χ2v) is 5.30. The van der Waals surface area contributed by atoms with E-state index < -0.39 is 22.1 Å². The van der Waals surface area contributed by atoms with Crippen LogP contribution in [-0.4, -0.2) is 26.0 Å². The monoisotopic (exact) mass is 254 g/mol. The van der Waals surface area contributed by atoms with Gasteiger partial charge in [0, 0.05) is 6.26 Å². The number of aliphatic hydroxyl groups excluding tert-OH is 1. The van der Waals surface area contributed by atoms with E-state index in [2.05, 4.69) is 0 Å². The Kier molecular flexibility index (Phi) is 3.30. The summed E-state index contributed by atoms with van der Waals surface area (Å²) < 4.78 is 58.4. The van der Waals surface area contributed by atoms with Gasteiger partial charge in [-0.15, -0.1) is 0 Å². The molecule has 0 radical (unpaired) electrons. The second-order valence-electron chi connectivity index (χ2n) is 3.29. The van der Waals surface area contributed by atoms with Gasteiger partial charge >= 0.3 is 6.18 Å². The van der Waals surface area contributed by atoms with E-state index in [-0.39, 0.29) is 10.5 Å². The molecule has 0 amide bonds. The number of alkyl halides is 3. The first kappa shape index (κ1) is 13.0. The number of halogens is 3. The summed E-state index contributed by atoms with van der Waals surface area (Å²) >= 11 is 0. The molecule has 16 heavy (non-hydrogen) atoms. The molecule has 1 aromatic rings. The number of sulfone groups is 1. The van der Waals surface area contributed by atoms with E-state index in [4.69, 9.17) is 5.11 Å². The van der Waals surface area contributed by atoms with E-state index in [0.717, 1.165) is 30.5 Å². The van der Waals surface area contributed by atoms with Gasteiger partial charge in [0.15, 0.2) is 15.9 Å². The third kappa shape index (κ3) is 2.96. The van der Waals surface area contributed by atoms with Crippen molar-refractivity contribution in [3.05, 3.63) is 29.8 Å². The highest BCUT2D eigenvalue weighted by atomic mass is 32.2. The molecule has 3 nitrogen and oxygen atoms in total. The van der Waals surface area contributed by atoms with Crippen molar-refractivity contribution in [1.29, 1.82) is 0 Å². The lowest BCUT2D eigenvalue weighted by Gasteiger charge is -2.14. The van der Waals surface area contributed by atoms with Gasteiger partial charge in [0.1, 0.15) is 0 Å². The highest BCUT2D eigenvalue weighted by Crippen LogP contribution is 2.32. The minimum Gasteiger partial charge on any atom is -0.379 e. The average Bonchev–Trinajstić information content (AvgIpc) is 2.14. The molecule has 7 heteroatoms. The van der Waals surface area contributed by atoms with E-state index in [1.54, 1.807) is 0 Å². The zero-order chi connectivity index (χ0) is 12.6. The fourth-order valence-electron chi connectivity index (χ4n) is 1.09. The van der Waals surface area contributed by atoms with Gasteiger partial charge in [-0.1, -0.05) is 12.1 Å². The summed E-state index contributed by atoms with van der Waals surface area (Å²) in [5.41, 5.74) is -0.389. The van der Waals surface area contributed by atoms with Gasteiger partial charge in [0.25, 0.3) is 0 Å². The molecule has 0 saturated carbocycles. The van der Waals surface area contributed by atoms with Crippen LogP contribution in [0.4, 0.5) is 13.2 Å². The number of rotatable bonds is 2. The average molecular weight is 254 g/mol. The molecule has 1 aromatic carbocycles. The zero-order valence-electron chi connectivity index (χ0n) is 8.19. The fraction of sp³-hybridized carbons (Fsp3) is 0.333. The molecule has 1 atom stereocenters. The summed E-state index contributed by atoms with van der Waals surface area (Å²) in [5.74, 6) is 0. The van der Waals surface area contributed by atoms with Crippen molar-refractivity contribution in [2.24, 2.45) is 0 Å². The summed E-state index contributed by atoms with van der Waals surface area (Å²) in [5, 5.41) is 8.88. The largest absolute Gasteiger partial charge is 0.418 e. The Hall–Kier alpha value is -1.08. The van der Waals surface area contributed by atoms with Crippen molar-refractivity contribution in [3.8, 4) is 0 Å². The van der Waals surface area contributed by atoms with Gasteiger partial charge in [-0.25, -0.2) is 8.42 Å². The topological polar surface area (TPSA) is 54.4 Å². The number of aliphatic hydroxyl groups is 1. The van der Waals surface area contributed by atoms with Crippen LogP contribution < -0.4 is 0 Å². The molecule has 90 valence electrons. The lowest BCUT2D eigenvalue weighted by atomic mass is 10.1. The van der Waals surface area contributed by atoms with Crippen LogP contribution in [0, 0.1) is 0 Å². The predicted molar refractivity (Wildman–Crippen MR) is 50.6 cm³/mol. The summed E-state index contributed by atoms with van der Waals surface area (Å²) in [7, 11) is -3.44. The Morgan fingerprint density at radius 3 is 1.94 bits per heavy atom. The smallest absolute Gasteiger partial charge is 0.379 e. The number of hydrogen-bond acceptors (Lipinski definition) is 3. The molecule has 1 rings (SSSR count). The molecule has 0 aliphatic carbocycles. The summed E-state index contributed by atoms with van der Waals surface area (Å²) in [6, 6.07) is 3.93. The Balaban J connectivity index is 3.05. The molecule has 0 bridgehead atoms. The lowest BCUT2D eigenvalue weighted by molar-refractivity contribution is -0.206. The van der Waals surface area contributed by atoms with Gasteiger partial charge in [0.05, 0.1) is 4.90 Å². The Morgan fingerprint density at radius 1 is 1.19 bits per heavy atom. The van der Waals surface area contributed by atoms with E-state index in [1.807, 2.05) is 0 Å². The minimum atomic E-state index is -4.76. The first-order valence-corrected chi connectivity index (χ1v) is 6.06. The molecule has 0 spiro atoms. The molecule has 0 aromatic heterocycles. The molecule has 0 aliphatic heterocycles. The Bertz CT molecular complexity index is 462. The zero-order valence-corrected chi connectivity index (χ0v) is 9.01. The summed E-state index contributed by atoms with van der Waals surface area (Å²) in [6.07, 6.45) is -6.41. The van der Waals surface area contributed by atoms with Crippen LogP contribution >= 0.6 is 0 Å². The van der Waals surface area contributed by atoms with Crippen LogP contribution in [0.1, 0.15) is 11.7 Å². The Labute approximate surface area is 90.4 Å². The van der Waals surface area contributed by atoms with Crippen molar-refractivity contribution in [1.82, 2.24) is 0 Å². The molecular formula is C9H9F3O3S. The minimum absolute atomic E-state index is 0.0920. The molecule has 0 aliphatic rings. The van der Waals surface area contributed by atoms with E-state index in [9.17, 15) is 21.6 Å². The quantitative estimate of drug-likeness (QED) is 0.873. The van der Waals surface area contributed by atoms with Crippen molar-refractivity contribution in [3.63, 3.8) is 0 Å².